The fourth-order valence-corrected chi connectivity index (χ4v) is 3.48. The molecule has 21 heavy (non-hydrogen) atoms. The minimum absolute atomic E-state index is 0.0700. The number of carbonyl (C=O) groups is 2. The molecule has 3 unspecified atom stereocenters. The molecule has 2 amide bonds. The highest BCUT2D eigenvalue weighted by atomic mass is 16.4. The monoisotopic (exact) mass is 297 g/mol. The van der Waals surface area contributed by atoms with Gasteiger partial charge in [-0.2, -0.15) is 0 Å². The number of amides is 2. The lowest BCUT2D eigenvalue weighted by Crippen LogP contribution is -2.53. The molecule has 1 heterocycles. The number of carbonyl (C=O) groups excluding carboxylic acids is 1. The summed E-state index contributed by atoms with van der Waals surface area (Å²) in [5, 5.41) is 15.1. The second-order valence-corrected chi connectivity index (χ2v) is 6.69. The van der Waals surface area contributed by atoms with Gasteiger partial charge in [-0.05, 0) is 52.6 Å². The number of rotatable bonds is 5. The van der Waals surface area contributed by atoms with E-state index in [0.29, 0.717) is 6.42 Å². The summed E-state index contributed by atoms with van der Waals surface area (Å²) in [6, 6.07) is -0.462. The molecule has 2 rings (SSSR count). The number of aliphatic carboxylic acids is 1. The van der Waals surface area contributed by atoms with Crippen molar-refractivity contribution < 1.29 is 14.7 Å². The average molecular weight is 297 g/mol. The lowest BCUT2D eigenvalue weighted by atomic mass is 9.85. The van der Waals surface area contributed by atoms with Gasteiger partial charge in [0.15, 0.2) is 0 Å². The van der Waals surface area contributed by atoms with Gasteiger partial charge in [-0.15, -0.1) is 0 Å². The molecular formula is C15H27N3O3. The van der Waals surface area contributed by atoms with E-state index in [1.54, 1.807) is 6.92 Å². The third-order valence-electron chi connectivity index (χ3n) is 4.86. The maximum absolute atomic E-state index is 12.1. The first-order chi connectivity index (χ1) is 9.91. The summed E-state index contributed by atoms with van der Waals surface area (Å²) in [6.45, 7) is 6.78. The summed E-state index contributed by atoms with van der Waals surface area (Å²) >= 11 is 0. The van der Waals surface area contributed by atoms with Gasteiger partial charge >= 0.3 is 12.0 Å². The van der Waals surface area contributed by atoms with Crippen molar-refractivity contribution in [3.05, 3.63) is 0 Å². The molecule has 0 aromatic rings. The standard InChI is InChI=1S/C15H27N3O3/c1-11(10-18-8-3-4-9-18)16-14(21)17-12-6-5-7-15(12,2)13(19)20/h11-12H,3-10H2,1-2H3,(H,19,20)(H2,16,17,21). The summed E-state index contributed by atoms with van der Waals surface area (Å²) in [7, 11) is 0. The molecule has 6 heteroatoms. The van der Waals surface area contributed by atoms with Gasteiger partial charge in [-0.25, -0.2) is 4.79 Å². The van der Waals surface area contributed by atoms with Gasteiger partial charge in [-0.3, -0.25) is 4.79 Å². The Morgan fingerprint density at radius 3 is 2.62 bits per heavy atom. The summed E-state index contributed by atoms with van der Waals surface area (Å²) in [5.74, 6) is -0.824. The average Bonchev–Trinajstić information content (AvgIpc) is 3.01. The molecule has 1 saturated carbocycles. The third-order valence-corrected chi connectivity index (χ3v) is 4.86. The first-order valence-electron chi connectivity index (χ1n) is 7.94. The molecular weight excluding hydrogens is 270 g/mol. The number of hydrogen-bond acceptors (Lipinski definition) is 3. The van der Waals surface area contributed by atoms with E-state index in [0.717, 1.165) is 32.5 Å². The molecule has 1 aliphatic heterocycles. The normalized spacial score (nSPS) is 31.0. The molecule has 3 atom stereocenters. The van der Waals surface area contributed by atoms with Crippen LogP contribution in [0.25, 0.3) is 0 Å². The molecule has 0 bridgehead atoms. The predicted molar refractivity (Wildman–Crippen MR) is 80.2 cm³/mol. The summed E-state index contributed by atoms with van der Waals surface area (Å²) in [6.07, 6.45) is 4.67. The molecule has 2 fully saturated rings. The second kappa shape index (κ2) is 6.64. The minimum atomic E-state index is -0.838. The van der Waals surface area contributed by atoms with Crippen LogP contribution in [0.1, 0.15) is 46.0 Å². The number of urea groups is 1. The van der Waals surface area contributed by atoms with Crippen LogP contribution in [0.4, 0.5) is 4.79 Å². The zero-order valence-electron chi connectivity index (χ0n) is 13.0. The van der Waals surface area contributed by atoms with E-state index < -0.39 is 11.4 Å². The van der Waals surface area contributed by atoms with Crippen LogP contribution in [0.3, 0.4) is 0 Å². The highest BCUT2D eigenvalue weighted by molar-refractivity contribution is 5.79. The van der Waals surface area contributed by atoms with Gasteiger partial charge < -0.3 is 20.6 Å². The fourth-order valence-electron chi connectivity index (χ4n) is 3.48. The molecule has 6 nitrogen and oxygen atoms in total. The van der Waals surface area contributed by atoms with Gasteiger partial charge in [0, 0.05) is 18.6 Å². The summed E-state index contributed by atoms with van der Waals surface area (Å²) in [4.78, 5) is 25.8. The Kier molecular flexibility index (Phi) is 5.08. The van der Waals surface area contributed by atoms with E-state index in [4.69, 9.17) is 0 Å². The van der Waals surface area contributed by atoms with Crippen molar-refractivity contribution in [3.63, 3.8) is 0 Å². The fraction of sp³-hybridized carbons (Fsp3) is 0.867. The largest absolute Gasteiger partial charge is 0.481 e. The van der Waals surface area contributed by atoms with Gasteiger partial charge in [0.05, 0.1) is 5.41 Å². The molecule has 0 aromatic carbocycles. The lowest BCUT2D eigenvalue weighted by Gasteiger charge is -2.29. The smallest absolute Gasteiger partial charge is 0.315 e. The summed E-state index contributed by atoms with van der Waals surface area (Å²) < 4.78 is 0. The first-order valence-corrected chi connectivity index (χ1v) is 7.94. The zero-order chi connectivity index (χ0) is 15.5. The predicted octanol–water partition coefficient (Wildman–Crippen LogP) is 1.41. The number of nitrogens with one attached hydrogen (secondary N) is 2. The van der Waals surface area contributed by atoms with Crippen molar-refractivity contribution in [1.29, 1.82) is 0 Å². The van der Waals surface area contributed by atoms with Crippen molar-refractivity contribution in [1.82, 2.24) is 15.5 Å². The Labute approximate surface area is 126 Å². The minimum Gasteiger partial charge on any atom is -0.481 e. The van der Waals surface area contributed by atoms with E-state index in [1.807, 2.05) is 6.92 Å². The van der Waals surface area contributed by atoms with Crippen LogP contribution >= 0.6 is 0 Å². The lowest BCUT2D eigenvalue weighted by molar-refractivity contribution is -0.148. The van der Waals surface area contributed by atoms with Gasteiger partial charge in [0.25, 0.3) is 0 Å². The van der Waals surface area contributed by atoms with Gasteiger partial charge in [0.1, 0.15) is 0 Å². The molecule has 0 spiro atoms. The Balaban J connectivity index is 1.79. The molecule has 1 aliphatic carbocycles. The van der Waals surface area contributed by atoms with Gasteiger partial charge in [-0.1, -0.05) is 6.42 Å². The molecule has 0 aromatic heterocycles. The second-order valence-electron chi connectivity index (χ2n) is 6.69. The Morgan fingerprint density at radius 1 is 1.33 bits per heavy atom. The maximum Gasteiger partial charge on any atom is 0.315 e. The van der Waals surface area contributed by atoms with Crippen molar-refractivity contribution in [3.8, 4) is 0 Å². The van der Waals surface area contributed by atoms with E-state index in [1.165, 1.54) is 12.8 Å². The van der Waals surface area contributed by atoms with Gasteiger partial charge in [0.2, 0.25) is 0 Å². The van der Waals surface area contributed by atoms with E-state index >= 15 is 0 Å². The van der Waals surface area contributed by atoms with Crippen LogP contribution in [0.2, 0.25) is 0 Å². The van der Waals surface area contributed by atoms with Crippen LogP contribution < -0.4 is 10.6 Å². The third kappa shape index (κ3) is 3.87. The highest BCUT2D eigenvalue weighted by Gasteiger charge is 2.45. The number of carboxylic acid groups (broad SMARTS) is 1. The summed E-state index contributed by atoms with van der Waals surface area (Å²) in [5.41, 5.74) is -0.838. The van der Waals surface area contributed by atoms with Crippen molar-refractivity contribution in [2.24, 2.45) is 5.41 Å². The quantitative estimate of drug-likeness (QED) is 0.716. The highest BCUT2D eigenvalue weighted by Crippen LogP contribution is 2.38. The van der Waals surface area contributed by atoms with E-state index in [2.05, 4.69) is 15.5 Å². The molecule has 2 aliphatic rings. The number of carboxylic acids is 1. The van der Waals surface area contributed by atoms with Crippen LogP contribution in [-0.2, 0) is 4.79 Å². The topological polar surface area (TPSA) is 81.7 Å². The Hall–Kier alpha value is -1.30. The number of nitrogens with zero attached hydrogens (tertiary/aromatic N) is 1. The van der Waals surface area contributed by atoms with Crippen LogP contribution in [0.5, 0.6) is 0 Å². The molecule has 3 N–H and O–H groups in total. The van der Waals surface area contributed by atoms with Crippen LogP contribution in [0, 0.1) is 5.41 Å². The molecule has 0 radical (unpaired) electrons. The molecule has 1 saturated heterocycles. The van der Waals surface area contributed by atoms with Crippen molar-refractivity contribution in [2.45, 2.75) is 58.0 Å². The zero-order valence-corrected chi connectivity index (χ0v) is 13.0. The number of likely N-dealkylation sites (tertiary alicyclic amines) is 1. The maximum atomic E-state index is 12.1. The van der Waals surface area contributed by atoms with Crippen LogP contribution in [0.15, 0.2) is 0 Å². The Bertz CT molecular complexity index is 396. The first kappa shape index (κ1) is 16.1. The molecule has 120 valence electrons. The van der Waals surface area contributed by atoms with Crippen molar-refractivity contribution >= 4 is 12.0 Å². The van der Waals surface area contributed by atoms with E-state index in [-0.39, 0.29) is 18.1 Å². The van der Waals surface area contributed by atoms with Crippen molar-refractivity contribution in [2.75, 3.05) is 19.6 Å². The van der Waals surface area contributed by atoms with E-state index in [9.17, 15) is 14.7 Å². The number of hydrogen-bond donors (Lipinski definition) is 3. The Morgan fingerprint density at radius 2 is 2.00 bits per heavy atom. The van der Waals surface area contributed by atoms with Crippen LogP contribution in [-0.4, -0.2) is 53.7 Å². The SMILES string of the molecule is CC(CN1CCCC1)NC(=O)NC1CCCC1(C)C(=O)O.